The molecule has 1 aliphatic rings. The number of thioether (sulfide) groups is 1. The van der Waals surface area contributed by atoms with Gasteiger partial charge >= 0.3 is 0 Å². The van der Waals surface area contributed by atoms with Gasteiger partial charge in [0.2, 0.25) is 0 Å². The molecule has 0 amide bonds. The van der Waals surface area contributed by atoms with Crippen LogP contribution in [-0.2, 0) is 12.8 Å². The third-order valence-electron chi connectivity index (χ3n) is 4.00. The van der Waals surface area contributed by atoms with Gasteiger partial charge in [0.1, 0.15) is 17.3 Å². The normalized spacial score (nSPS) is 13.9. The van der Waals surface area contributed by atoms with Gasteiger partial charge in [0.15, 0.2) is 5.16 Å². The fourth-order valence-electron chi connectivity index (χ4n) is 2.55. The van der Waals surface area contributed by atoms with Gasteiger partial charge in [-0.1, -0.05) is 30.0 Å². The van der Waals surface area contributed by atoms with E-state index in [2.05, 4.69) is 25.8 Å². The Labute approximate surface area is 145 Å². The van der Waals surface area contributed by atoms with Crippen LogP contribution in [0, 0.1) is 0 Å². The minimum atomic E-state index is 0.609. The predicted molar refractivity (Wildman–Crippen MR) is 93.3 cm³/mol. The van der Waals surface area contributed by atoms with Crippen molar-refractivity contribution in [3.63, 3.8) is 0 Å². The molecule has 5 nitrogen and oxygen atoms in total. The summed E-state index contributed by atoms with van der Waals surface area (Å²) >= 11 is 1.68. The van der Waals surface area contributed by atoms with Crippen molar-refractivity contribution in [3.8, 4) is 11.5 Å². The van der Waals surface area contributed by atoms with Crippen LogP contribution in [0.25, 0.3) is 0 Å². The van der Waals surface area contributed by atoms with Gasteiger partial charge in [-0.25, -0.2) is 0 Å². The van der Waals surface area contributed by atoms with Gasteiger partial charge in [0, 0.05) is 30.5 Å². The Balaban J connectivity index is 1.48. The summed E-state index contributed by atoms with van der Waals surface area (Å²) in [7, 11) is 2.05. The van der Waals surface area contributed by atoms with Crippen LogP contribution in [0.3, 0.4) is 0 Å². The summed E-state index contributed by atoms with van der Waals surface area (Å²) in [5.41, 5.74) is 1.13. The number of hydrogen-bond acceptors (Lipinski definition) is 5. The van der Waals surface area contributed by atoms with Gasteiger partial charge in [0.05, 0.1) is 6.20 Å². The van der Waals surface area contributed by atoms with Crippen LogP contribution in [0.5, 0.6) is 11.5 Å². The Bertz CT molecular complexity index is 830. The van der Waals surface area contributed by atoms with E-state index in [0.717, 1.165) is 33.8 Å². The van der Waals surface area contributed by atoms with Crippen molar-refractivity contribution in [1.82, 2.24) is 19.7 Å². The molecule has 6 heteroatoms. The molecule has 4 rings (SSSR count). The number of para-hydroxylation sites is 1. The lowest BCUT2D eigenvalue weighted by Gasteiger charge is -2.10. The molecule has 0 unspecified atom stereocenters. The number of aromatic nitrogens is 4. The molecule has 1 aromatic carbocycles. The highest BCUT2D eigenvalue weighted by atomic mass is 32.2. The molecule has 3 aromatic rings. The molecule has 0 N–H and O–H groups in total. The second-order valence-electron chi connectivity index (χ2n) is 5.86. The standard InChI is InChI=1S/C18H18N4OS/c1-22-17(13-8-9-13)20-21-18(22)24-12-14-5-2-3-7-16(14)23-15-6-4-10-19-11-15/h2-7,10-11,13H,8-9,12H2,1H3. The highest BCUT2D eigenvalue weighted by Gasteiger charge is 2.29. The second kappa shape index (κ2) is 6.65. The molecule has 1 aliphatic carbocycles. The maximum absolute atomic E-state index is 5.96. The first kappa shape index (κ1) is 15.2. The van der Waals surface area contributed by atoms with Crippen LogP contribution < -0.4 is 4.74 Å². The van der Waals surface area contributed by atoms with Crippen molar-refractivity contribution < 1.29 is 4.74 Å². The number of pyridine rings is 1. The Kier molecular flexibility index (Phi) is 4.21. The molecule has 0 saturated heterocycles. The SMILES string of the molecule is Cn1c(SCc2ccccc2Oc2cccnc2)nnc1C1CC1. The summed E-state index contributed by atoms with van der Waals surface area (Å²) < 4.78 is 8.08. The molecule has 0 aliphatic heterocycles. The van der Waals surface area contributed by atoms with E-state index in [1.807, 2.05) is 37.4 Å². The predicted octanol–water partition coefficient (Wildman–Crippen LogP) is 4.17. The summed E-state index contributed by atoms with van der Waals surface area (Å²) in [4.78, 5) is 4.09. The molecule has 1 saturated carbocycles. The van der Waals surface area contributed by atoms with E-state index in [1.165, 1.54) is 12.8 Å². The third kappa shape index (κ3) is 3.28. The van der Waals surface area contributed by atoms with Gasteiger partial charge in [-0.2, -0.15) is 0 Å². The highest BCUT2D eigenvalue weighted by molar-refractivity contribution is 7.98. The van der Waals surface area contributed by atoms with Gasteiger partial charge < -0.3 is 9.30 Å². The molecule has 0 atom stereocenters. The van der Waals surface area contributed by atoms with E-state index in [4.69, 9.17) is 4.74 Å². The van der Waals surface area contributed by atoms with Crippen LogP contribution in [0.1, 0.15) is 30.1 Å². The molecule has 0 radical (unpaired) electrons. The lowest BCUT2D eigenvalue weighted by Crippen LogP contribution is -1.97. The van der Waals surface area contributed by atoms with Gasteiger partial charge in [0.25, 0.3) is 0 Å². The summed E-state index contributed by atoms with van der Waals surface area (Å²) in [6, 6.07) is 11.8. The quantitative estimate of drug-likeness (QED) is 0.631. The molecule has 1 fully saturated rings. The maximum Gasteiger partial charge on any atom is 0.191 e. The summed E-state index contributed by atoms with van der Waals surface area (Å²) in [6.45, 7) is 0. The minimum absolute atomic E-state index is 0.609. The van der Waals surface area contributed by atoms with Crippen LogP contribution in [0.15, 0.2) is 53.9 Å². The number of ether oxygens (including phenoxy) is 1. The van der Waals surface area contributed by atoms with E-state index in [0.29, 0.717) is 5.92 Å². The molecule has 2 aromatic heterocycles. The fraction of sp³-hybridized carbons (Fsp3) is 0.278. The molecule has 122 valence electrons. The van der Waals surface area contributed by atoms with Crippen molar-refractivity contribution in [1.29, 1.82) is 0 Å². The number of rotatable bonds is 6. The van der Waals surface area contributed by atoms with Crippen LogP contribution >= 0.6 is 11.8 Å². The molecule has 24 heavy (non-hydrogen) atoms. The van der Waals surface area contributed by atoms with Crippen LogP contribution in [0.2, 0.25) is 0 Å². The maximum atomic E-state index is 5.96. The number of benzene rings is 1. The van der Waals surface area contributed by atoms with Crippen molar-refractivity contribution in [3.05, 3.63) is 60.2 Å². The summed E-state index contributed by atoms with van der Waals surface area (Å²) in [5.74, 6) is 4.09. The third-order valence-corrected chi connectivity index (χ3v) is 5.07. The van der Waals surface area contributed by atoms with E-state index >= 15 is 0 Å². The fourth-order valence-corrected chi connectivity index (χ4v) is 3.46. The molecule has 0 spiro atoms. The zero-order valence-electron chi connectivity index (χ0n) is 13.4. The van der Waals surface area contributed by atoms with Crippen LogP contribution in [-0.4, -0.2) is 19.7 Å². The van der Waals surface area contributed by atoms with E-state index in [1.54, 1.807) is 24.2 Å². The Morgan fingerprint density at radius 3 is 2.83 bits per heavy atom. The lowest BCUT2D eigenvalue weighted by atomic mass is 10.2. The van der Waals surface area contributed by atoms with Crippen LogP contribution in [0.4, 0.5) is 0 Å². The largest absolute Gasteiger partial charge is 0.455 e. The Morgan fingerprint density at radius 1 is 1.17 bits per heavy atom. The monoisotopic (exact) mass is 338 g/mol. The number of hydrogen-bond donors (Lipinski definition) is 0. The van der Waals surface area contributed by atoms with Gasteiger partial charge in [-0.3, -0.25) is 4.98 Å². The zero-order valence-corrected chi connectivity index (χ0v) is 14.2. The van der Waals surface area contributed by atoms with Gasteiger partial charge in [-0.15, -0.1) is 10.2 Å². The highest BCUT2D eigenvalue weighted by Crippen LogP contribution is 2.40. The van der Waals surface area contributed by atoms with Crippen molar-refractivity contribution >= 4 is 11.8 Å². The molecular formula is C18H18N4OS. The molecule has 0 bridgehead atoms. The Morgan fingerprint density at radius 2 is 2.04 bits per heavy atom. The minimum Gasteiger partial charge on any atom is -0.455 e. The first-order valence-electron chi connectivity index (χ1n) is 7.99. The zero-order chi connectivity index (χ0) is 16.4. The van der Waals surface area contributed by atoms with Crippen molar-refractivity contribution in [2.75, 3.05) is 0 Å². The van der Waals surface area contributed by atoms with Gasteiger partial charge in [-0.05, 0) is 31.0 Å². The smallest absolute Gasteiger partial charge is 0.191 e. The first-order chi connectivity index (χ1) is 11.8. The Hall–Kier alpha value is -2.34. The van der Waals surface area contributed by atoms with E-state index in [-0.39, 0.29) is 0 Å². The molecular weight excluding hydrogens is 320 g/mol. The van der Waals surface area contributed by atoms with Crippen molar-refractivity contribution in [2.45, 2.75) is 29.7 Å². The lowest BCUT2D eigenvalue weighted by molar-refractivity contribution is 0.476. The summed E-state index contributed by atoms with van der Waals surface area (Å²) in [5, 5.41) is 9.62. The first-order valence-corrected chi connectivity index (χ1v) is 8.97. The van der Waals surface area contributed by atoms with Crippen molar-refractivity contribution in [2.24, 2.45) is 7.05 Å². The second-order valence-corrected chi connectivity index (χ2v) is 6.80. The summed E-state index contributed by atoms with van der Waals surface area (Å²) in [6.07, 6.45) is 5.92. The topological polar surface area (TPSA) is 52.8 Å². The molecule has 2 heterocycles. The average molecular weight is 338 g/mol. The average Bonchev–Trinajstić information content (AvgIpc) is 3.39. The van der Waals surface area contributed by atoms with E-state index in [9.17, 15) is 0 Å². The van der Waals surface area contributed by atoms with E-state index < -0.39 is 0 Å². The number of nitrogens with zero attached hydrogens (tertiary/aromatic N) is 4.